The number of nitrogens with zero attached hydrogens (tertiary/aromatic N) is 1. The van der Waals surface area contributed by atoms with Crippen LogP contribution in [0.4, 0.5) is 15.8 Å². The van der Waals surface area contributed by atoms with Crippen LogP contribution >= 0.6 is 0 Å². The first-order valence-electron chi connectivity index (χ1n) is 9.71. The van der Waals surface area contributed by atoms with Crippen molar-refractivity contribution in [2.24, 2.45) is 0 Å². The maximum absolute atomic E-state index is 12.9. The standard InChI is InChI=1S/C25H20FN3O3/c1-17-4-2-6-22(12-17)29-25(31)19(15-27)13-18-5-3-7-23(14-18)32-16-24(30)28-21-10-8-20(26)9-11-21/h2-14H,16H2,1H3,(H,28,30)(H,29,31). The van der Waals surface area contributed by atoms with Crippen LogP contribution in [0.5, 0.6) is 5.75 Å². The number of ether oxygens (including phenoxy) is 1. The van der Waals surface area contributed by atoms with E-state index in [1.54, 1.807) is 36.4 Å². The molecule has 2 amide bonds. The Labute approximate surface area is 185 Å². The monoisotopic (exact) mass is 429 g/mol. The molecule has 0 unspecified atom stereocenters. The Balaban J connectivity index is 1.62. The Bertz CT molecular complexity index is 1200. The van der Waals surface area contributed by atoms with Crippen LogP contribution in [-0.2, 0) is 9.59 Å². The molecule has 7 heteroatoms. The second-order valence-corrected chi connectivity index (χ2v) is 6.91. The molecule has 3 aromatic carbocycles. The van der Waals surface area contributed by atoms with Gasteiger partial charge in [0.1, 0.15) is 23.2 Å². The van der Waals surface area contributed by atoms with Crippen LogP contribution in [0.3, 0.4) is 0 Å². The quantitative estimate of drug-likeness (QED) is 0.421. The van der Waals surface area contributed by atoms with Gasteiger partial charge in [0, 0.05) is 11.4 Å². The third-order valence-electron chi connectivity index (χ3n) is 4.31. The number of nitrogens with one attached hydrogen (secondary N) is 2. The van der Waals surface area contributed by atoms with Gasteiger partial charge in [-0.15, -0.1) is 0 Å². The van der Waals surface area contributed by atoms with Crippen LogP contribution in [0.2, 0.25) is 0 Å². The lowest BCUT2D eigenvalue weighted by molar-refractivity contribution is -0.118. The number of carbonyl (C=O) groups is 2. The Morgan fingerprint density at radius 3 is 2.47 bits per heavy atom. The number of benzene rings is 3. The van der Waals surface area contributed by atoms with E-state index in [-0.39, 0.29) is 12.2 Å². The Morgan fingerprint density at radius 1 is 1.00 bits per heavy atom. The highest BCUT2D eigenvalue weighted by atomic mass is 19.1. The number of carbonyl (C=O) groups excluding carboxylic acids is 2. The Hall–Kier alpha value is -4.44. The fourth-order valence-corrected chi connectivity index (χ4v) is 2.81. The molecule has 0 radical (unpaired) electrons. The van der Waals surface area contributed by atoms with Gasteiger partial charge in [-0.3, -0.25) is 9.59 Å². The summed E-state index contributed by atoms with van der Waals surface area (Å²) in [5, 5.41) is 14.7. The average molecular weight is 429 g/mol. The summed E-state index contributed by atoms with van der Waals surface area (Å²) in [6.07, 6.45) is 1.44. The lowest BCUT2D eigenvalue weighted by Gasteiger charge is -2.08. The molecule has 0 heterocycles. The maximum atomic E-state index is 12.9. The summed E-state index contributed by atoms with van der Waals surface area (Å²) in [7, 11) is 0. The number of hydrogen-bond acceptors (Lipinski definition) is 4. The SMILES string of the molecule is Cc1cccc(NC(=O)C(C#N)=Cc2cccc(OCC(=O)Nc3ccc(F)cc3)c2)c1. The molecule has 0 aromatic heterocycles. The molecule has 0 aliphatic carbocycles. The molecule has 0 bridgehead atoms. The summed E-state index contributed by atoms with van der Waals surface area (Å²) in [6, 6.07) is 21.2. The van der Waals surface area contributed by atoms with Crippen molar-refractivity contribution >= 4 is 29.3 Å². The molecule has 0 saturated carbocycles. The lowest BCUT2D eigenvalue weighted by Crippen LogP contribution is -2.20. The van der Waals surface area contributed by atoms with Crippen LogP contribution in [0, 0.1) is 24.1 Å². The zero-order valence-electron chi connectivity index (χ0n) is 17.3. The normalized spacial score (nSPS) is 10.7. The van der Waals surface area contributed by atoms with Crippen molar-refractivity contribution < 1.29 is 18.7 Å². The van der Waals surface area contributed by atoms with Crippen LogP contribution in [0.15, 0.2) is 78.4 Å². The van der Waals surface area contributed by atoms with Crippen LogP contribution in [0.1, 0.15) is 11.1 Å². The third-order valence-corrected chi connectivity index (χ3v) is 4.31. The fourth-order valence-electron chi connectivity index (χ4n) is 2.81. The molecule has 6 nitrogen and oxygen atoms in total. The number of halogens is 1. The smallest absolute Gasteiger partial charge is 0.266 e. The molecule has 32 heavy (non-hydrogen) atoms. The maximum Gasteiger partial charge on any atom is 0.266 e. The highest BCUT2D eigenvalue weighted by molar-refractivity contribution is 6.09. The number of aryl methyl sites for hydroxylation is 1. The zero-order valence-corrected chi connectivity index (χ0v) is 17.3. The van der Waals surface area contributed by atoms with Crippen molar-refractivity contribution in [1.82, 2.24) is 0 Å². The van der Waals surface area contributed by atoms with Gasteiger partial charge in [0.05, 0.1) is 0 Å². The molecule has 3 rings (SSSR count). The first-order valence-corrected chi connectivity index (χ1v) is 9.71. The fraction of sp³-hybridized carbons (Fsp3) is 0.0800. The van der Waals surface area contributed by atoms with Crippen molar-refractivity contribution in [3.05, 3.63) is 95.3 Å². The lowest BCUT2D eigenvalue weighted by atomic mass is 10.1. The molecule has 0 aliphatic rings. The van der Waals surface area contributed by atoms with Gasteiger partial charge in [-0.1, -0.05) is 24.3 Å². The molecule has 0 saturated heterocycles. The second-order valence-electron chi connectivity index (χ2n) is 6.91. The molecule has 0 fully saturated rings. The molecule has 2 N–H and O–H groups in total. The summed E-state index contributed by atoms with van der Waals surface area (Å²) in [5.74, 6) is -0.936. The van der Waals surface area contributed by atoms with E-state index in [1.807, 2.05) is 25.1 Å². The van der Waals surface area contributed by atoms with Gasteiger partial charge in [0.2, 0.25) is 0 Å². The van der Waals surface area contributed by atoms with Crippen LogP contribution in [0.25, 0.3) is 6.08 Å². The molecular formula is C25H20FN3O3. The van der Waals surface area contributed by atoms with Crippen LogP contribution in [-0.4, -0.2) is 18.4 Å². The van der Waals surface area contributed by atoms with E-state index in [4.69, 9.17) is 4.74 Å². The number of rotatable bonds is 7. The minimum atomic E-state index is -0.525. The number of nitriles is 1. The summed E-state index contributed by atoms with van der Waals surface area (Å²) in [5.41, 5.74) is 2.53. The molecule has 160 valence electrons. The minimum absolute atomic E-state index is 0.0716. The zero-order chi connectivity index (χ0) is 22.9. The van der Waals surface area contributed by atoms with E-state index < -0.39 is 17.6 Å². The van der Waals surface area contributed by atoms with E-state index in [1.165, 1.54) is 30.3 Å². The van der Waals surface area contributed by atoms with Gasteiger partial charge in [-0.2, -0.15) is 5.26 Å². The second kappa shape index (κ2) is 10.5. The van der Waals surface area contributed by atoms with E-state index in [0.29, 0.717) is 22.7 Å². The number of hydrogen-bond donors (Lipinski definition) is 2. The number of anilines is 2. The first kappa shape index (κ1) is 22.2. The highest BCUT2D eigenvalue weighted by Crippen LogP contribution is 2.17. The van der Waals surface area contributed by atoms with Gasteiger partial charge < -0.3 is 15.4 Å². The molecule has 3 aromatic rings. The number of amides is 2. The largest absolute Gasteiger partial charge is 0.484 e. The molecular weight excluding hydrogens is 409 g/mol. The predicted octanol–water partition coefficient (Wildman–Crippen LogP) is 4.70. The predicted molar refractivity (Wildman–Crippen MR) is 120 cm³/mol. The van der Waals surface area contributed by atoms with Gasteiger partial charge in [0.25, 0.3) is 11.8 Å². The third kappa shape index (κ3) is 6.54. The molecule has 0 spiro atoms. The van der Waals surface area contributed by atoms with Crippen molar-refractivity contribution in [2.75, 3.05) is 17.2 Å². The average Bonchev–Trinajstić information content (AvgIpc) is 2.78. The van der Waals surface area contributed by atoms with E-state index in [2.05, 4.69) is 10.6 Å². The van der Waals surface area contributed by atoms with E-state index >= 15 is 0 Å². The van der Waals surface area contributed by atoms with Crippen molar-refractivity contribution in [2.45, 2.75) is 6.92 Å². The highest BCUT2D eigenvalue weighted by Gasteiger charge is 2.10. The van der Waals surface area contributed by atoms with Gasteiger partial charge in [0.15, 0.2) is 6.61 Å². The summed E-state index contributed by atoms with van der Waals surface area (Å²) in [6.45, 7) is 1.64. The van der Waals surface area contributed by atoms with Crippen molar-refractivity contribution in [3.63, 3.8) is 0 Å². The van der Waals surface area contributed by atoms with Gasteiger partial charge >= 0.3 is 0 Å². The first-order chi connectivity index (χ1) is 15.4. The summed E-state index contributed by atoms with van der Waals surface area (Å²) in [4.78, 5) is 24.5. The van der Waals surface area contributed by atoms with Gasteiger partial charge in [-0.05, 0) is 72.7 Å². The van der Waals surface area contributed by atoms with Crippen molar-refractivity contribution in [3.8, 4) is 11.8 Å². The topological polar surface area (TPSA) is 91.2 Å². The van der Waals surface area contributed by atoms with Crippen LogP contribution < -0.4 is 15.4 Å². The van der Waals surface area contributed by atoms with Crippen molar-refractivity contribution in [1.29, 1.82) is 5.26 Å². The van der Waals surface area contributed by atoms with Gasteiger partial charge in [-0.25, -0.2) is 4.39 Å². The van der Waals surface area contributed by atoms with E-state index in [0.717, 1.165) is 5.56 Å². The summed E-state index contributed by atoms with van der Waals surface area (Å²) >= 11 is 0. The summed E-state index contributed by atoms with van der Waals surface area (Å²) < 4.78 is 18.4. The Morgan fingerprint density at radius 2 is 1.75 bits per heavy atom. The molecule has 0 atom stereocenters. The van der Waals surface area contributed by atoms with E-state index in [9.17, 15) is 19.2 Å². The Kier molecular flexibility index (Phi) is 7.33. The molecule has 0 aliphatic heterocycles. The minimum Gasteiger partial charge on any atom is -0.484 e.